The number of amides is 2. The highest BCUT2D eigenvalue weighted by atomic mass is 32.1. The fourth-order valence-electron chi connectivity index (χ4n) is 4.35. The van der Waals surface area contributed by atoms with Crippen LogP contribution in [0.2, 0.25) is 0 Å². The number of thiazole rings is 1. The fraction of sp³-hybridized carbons (Fsp3) is 0.320. The van der Waals surface area contributed by atoms with Crippen molar-refractivity contribution in [2.45, 2.75) is 39.2 Å². The molecule has 2 N–H and O–H groups in total. The molecule has 5 heterocycles. The molecule has 0 aliphatic carbocycles. The Balaban J connectivity index is 1.31. The van der Waals surface area contributed by atoms with E-state index in [1.54, 1.807) is 42.0 Å². The first-order valence-electron chi connectivity index (χ1n) is 11.6. The Hall–Kier alpha value is -3.70. The number of pyridine rings is 2. The van der Waals surface area contributed by atoms with E-state index in [1.807, 2.05) is 0 Å². The summed E-state index contributed by atoms with van der Waals surface area (Å²) < 4.78 is 15.1. The SMILES string of the molecule is Cc1ncc(NC(=O)CN2CCCC2(C)C)cc1NC(=O)c1cnn2cc(-c3cccc(F)n3)sc12. The summed E-state index contributed by atoms with van der Waals surface area (Å²) in [4.78, 5) is 37.5. The highest BCUT2D eigenvalue weighted by Crippen LogP contribution is 2.30. The van der Waals surface area contributed by atoms with Gasteiger partial charge in [-0.2, -0.15) is 9.49 Å². The van der Waals surface area contributed by atoms with Crippen LogP contribution in [0, 0.1) is 12.9 Å². The Bertz CT molecular complexity index is 1460. The summed E-state index contributed by atoms with van der Waals surface area (Å²) in [7, 11) is 0. The van der Waals surface area contributed by atoms with Crippen molar-refractivity contribution in [2.24, 2.45) is 0 Å². The van der Waals surface area contributed by atoms with Gasteiger partial charge < -0.3 is 10.6 Å². The van der Waals surface area contributed by atoms with Crippen LogP contribution in [0.3, 0.4) is 0 Å². The number of likely N-dealkylation sites (tertiary alicyclic amines) is 1. The highest BCUT2D eigenvalue weighted by molar-refractivity contribution is 7.21. The number of carbonyl (C=O) groups is 2. The fourth-order valence-corrected chi connectivity index (χ4v) is 5.38. The first kappa shape index (κ1) is 24.0. The number of hydrogen-bond donors (Lipinski definition) is 2. The number of carbonyl (C=O) groups excluding carboxylic acids is 2. The summed E-state index contributed by atoms with van der Waals surface area (Å²) in [6, 6.07) is 6.26. The summed E-state index contributed by atoms with van der Waals surface area (Å²) in [6.07, 6.45) is 6.91. The molecule has 36 heavy (non-hydrogen) atoms. The van der Waals surface area contributed by atoms with Crippen molar-refractivity contribution < 1.29 is 14.0 Å². The molecule has 0 bridgehead atoms. The van der Waals surface area contributed by atoms with Gasteiger partial charge in [-0.1, -0.05) is 6.07 Å². The largest absolute Gasteiger partial charge is 0.324 e. The predicted molar refractivity (Wildman–Crippen MR) is 137 cm³/mol. The maximum Gasteiger partial charge on any atom is 0.260 e. The Morgan fingerprint density at radius 3 is 2.81 bits per heavy atom. The molecule has 0 radical (unpaired) electrons. The zero-order valence-corrected chi connectivity index (χ0v) is 21.0. The number of nitrogens with zero attached hydrogens (tertiary/aromatic N) is 5. The van der Waals surface area contributed by atoms with Crippen LogP contribution in [0.4, 0.5) is 15.8 Å². The van der Waals surface area contributed by atoms with Gasteiger partial charge in [-0.25, -0.2) is 9.50 Å². The molecule has 0 atom stereocenters. The smallest absolute Gasteiger partial charge is 0.260 e. The van der Waals surface area contributed by atoms with Crippen molar-refractivity contribution in [3.8, 4) is 10.6 Å². The van der Waals surface area contributed by atoms with E-state index < -0.39 is 5.95 Å². The molecule has 0 spiro atoms. The Labute approximate surface area is 211 Å². The zero-order chi connectivity index (χ0) is 25.4. The van der Waals surface area contributed by atoms with Crippen LogP contribution in [-0.4, -0.2) is 54.9 Å². The van der Waals surface area contributed by atoms with Crippen molar-refractivity contribution in [1.29, 1.82) is 0 Å². The number of aryl methyl sites for hydroxylation is 1. The van der Waals surface area contributed by atoms with E-state index in [0.717, 1.165) is 19.4 Å². The van der Waals surface area contributed by atoms with Gasteiger partial charge in [0.1, 0.15) is 4.83 Å². The molecule has 1 aliphatic rings. The van der Waals surface area contributed by atoms with E-state index in [-0.39, 0.29) is 17.4 Å². The van der Waals surface area contributed by atoms with Crippen molar-refractivity contribution in [2.75, 3.05) is 23.7 Å². The lowest BCUT2D eigenvalue weighted by Gasteiger charge is -2.30. The molecule has 0 saturated carbocycles. The number of halogens is 1. The topological polar surface area (TPSA) is 105 Å². The van der Waals surface area contributed by atoms with Crippen LogP contribution in [-0.2, 0) is 4.79 Å². The van der Waals surface area contributed by atoms with Crippen molar-refractivity contribution >= 4 is 39.4 Å². The lowest BCUT2D eigenvalue weighted by atomic mass is 10.0. The summed E-state index contributed by atoms with van der Waals surface area (Å²) in [5.41, 5.74) is 2.45. The van der Waals surface area contributed by atoms with E-state index >= 15 is 0 Å². The highest BCUT2D eigenvalue weighted by Gasteiger charge is 2.32. The molecular weight excluding hydrogens is 481 g/mol. The van der Waals surface area contributed by atoms with E-state index in [1.165, 1.54) is 23.6 Å². The quantitative estimate of drug-likeness (QED) is 0.376. The molecule has 186 valence electrons. The minimum Gasteiger partial charge on any atom is -0.324 e. The van der Waals surface area contributed by atoms with Crippen LogP contribution in [0.5, 0.6) is 0 Å². The normalized spacial score (nSPS) is 15.3. The molecule has 5 rings (SSSR count). The van der Waals surface area contributed by atoms with Gasteiger partial charge in [0.05, 0.1) is 52.1 Å². The molecule has 4 aromatic heterocycles. The second kappa shape index (κ2) is 9.40. The van der Waals surface area contributed by atoms with Gasteiger partial charge >= 0.3 is 0 Å². The van der Waals surface area contributed by atoms with Crippen LogP contribution >= 0.6 is 11.3 Å². The summed E-state index contributed by atoms with van der Waals surface area (Å²) in [5, 5.41) is 10.0. The molecule has 1 saturated heterocycles. The minimum atomic E-state index is -0.574. The van der Waals surface area contributed by atoms with Gasteiger partial charge in [-0.05, 0) is 58.4 Å². The molecule has 11 heteroatoms. The average molecular weight is 508 g/mol. The lowest BCUT2D eigenvalue weighted by Crippen LogP contribution is -2.42. The minimum absolute atomic E-state index is 0.00528. The van der Waals surface area contributed by atoms with Gasteiger partial charge in [-0.15, -0.1) is 11.3 Å². The van der Waals surface area contributed by atoms with Gasteiger partial charge in [0, 0.05) is 11.7 Å². The first-order valence-corrected chi connectivity index (χ1v) is 12.4. The van der Waals surface area contributed by atoms with E-state index in [9.17, 15) is 14.0 Å². The summed E-state index contributed by atoms with van der Waals surface area (Å²) in [6.45, 7) is 7.27. The molecule has 0 unspecified atom stereocenters. The van der Waals surface area contributed by atoms with Gasteiger partial charge in [0.2, 0.25) is 11.9 Å². The number of hydrogen-bond acceptors (Lipinski definition) is 7. The maximum absolute atomic E-state index is 13.5. The van der Waals surface area contributed by atoms with Crippen molar-refractivity contribution in [1.82, 2.24) is 24.5 Å². The Morgan fingerprint density at radius 1 is 1.22 bits per heavy atom. The molecule has 1 fully saturated rings. The van der Waals surface area contributed by atoms with Crippen LogP contribution in [0.25, 0.3) is 15.4 Å². The van der Waals surface area contributed by atoms with Crippen LogP contribution in [0.1, 0.15) is 42.7 Å². The van der Waals surface area contributed by atoms with Crippen molar-refractivity contribution in [3.63, 3.8) is 0 Å². The number of nitrogens with one attached hydrogen (secondary N) is 2. The van der Waals surface area contributed by atoms with E-state index in [4.69, 9.17) is 0 Å². The van der Waals surface area contributed by atoms with E-state index in [2.05, 4.69) is 44.4 Å². The molecule has 9 nitrogen and oxygen atoms in total. The average Bonchev–Trinajstić information content (AvgIpc) is 3.50. The molecular formula is C25H26FN7O2S. The number of fused-ring (bicyclic) bond motifs is 1. The van der Waals surface area contributed by atoms with Gasteiger partial charge in [0.25, 0.3) is 5.91 Å². The third kappa shape index (κ3) is 4.84. The predicted octanol–water partition coefficient (Wildman–Crippen LogP) is 4.37. The third-order valence-electron chi connectivity index (χ3n) is 6.43. The zero-order valence-electron chi connectivity index (χ0n) is 20.2. The van der Waals surface area contributed by atoms with E-state index in [0.29, 0.717) is 44.6 Å². The van der Waals surface area contributed by atoms with Gasteiger partial charge in [-0.3, -0.25) is 19.5 Å². The third-order valence-corrected chi connectivity index (χ3v) is 7.57. The van der Waals surface area contributed by atoms with Crippen LogP contribution < -0.4 is 10.6 Å². The summed E-state index contributed by atoms with van der Waals surface area (Å²) in [5.74, 6) is -1.06. The Kier molecular flexibility index (Phi) is 6.27. The molecule has 2 amide bonds. The number of aromatic nitrogens is 4. The lowest BCUT2D eigenvalue weighted by molar-refractivity contribution is -0.118. The monoisotopic (exact) mass is 507 g/mol. The Morgan fingerprint density at radius 2 is 2.06 bits per heavy atom. The number of anilines is 2. The maximum atomic E-state index is 13.5. The standard InChI is InChI=1S/C25H26FN7O2S/c1-15-19(10-16(11-27-15)29-22(34)14-32-9-5-8-25(32,2)3)31-23(35)17-12-28-33-13-20(36-24(17)33)18-6-4-7-21(26)30-18/h4,6-7,10-13H,5,8-9,14H2,1-3H3,(H,29,34)(H,31,35). The summed E-state index contributed by atoms with van der Waals surface area (Å²) >= 11 is 1.29. The number of rotatable bonds is 6. The van der Waals surface area contributed by atoms with Crippen molar-refractivity contribution in [3.05, 3.63) is 60.1 Å². The molecule has 4 aromatic rings. The second-order valence-electron chi connectivity index (χ2n) is 9.45. The van der Waals surface area contributed by atoms with Crippen LogP contribution in [0.15, 0.2) is 42.9 Å². The van der Waals surface area contributed by atoms with Gasteiger partial charge in [0.15, 0.2) is 0 Å². The molecule has 1 aliphatic heterocycles. The molecule has 0 aromatic carbocycles. The second-order valence-corrected chi connectivity index (χ2v) is 10.5. The first-order chi connectivity index (χ1) is 17.2.